The lowest BCUT2D eigenvalue weighted by atomic mass is 10.2. The van der Waals surface area contributed by atoms with Crippen LogP contribution in [0.25, 0.3) is 0 Å². The highest BCUT2D eigenvalue weighted by Crippen LogP contribution is 2.27. The largest absolute Gasteiger partial charge is 0.468 e. The Morgan fingerprint density at radius 1 is 1.52 bits per heavy atom. The number of benzene rings is 1. The van der Waals surface area contributed by atoms with Gasteiger partial charge in [0.25, 0.3) is 0 Å². The summed E-state index contributed by atoms with van der Waals surface area (Å²) < 4.78 is 30.6. The third kappa shape index (κ3) is 2.90. The molecule has 0 bridgehead atoms. The Hall–Kier alpha value is -1.95. The van der Waals surface area contributed by atoms with Gasteiger partial charge in [-0.2, -0.15) is 9.57 Å². The number of methoxy groups -OCH3 is 1. The third-order valence-electron chi connectivity index (χ3n) is 3.28. The zero-order valence-corrected chi connectivity index (χ0v) is 12.1. The zero-order chi connectivity index (χ0) is 15.6. The Kier molecular flexibility index (Phi) is 4.27. The van der Waals surface area contributed by atoms with Crippen molar-refractivity contribution >= 4 is 16.0 Å². The van der Waals surface area contributed by atoms with Gasteiger partial charge in [-0.3, -0.25) is 4.79 Å². The summed E-state index contributed by atoms with van der Waals surface area (Å²) in [7, 11) is -2.83. The van der Waals surface area contributed by atoms with Gasteiger partial charge in [0.1, 0.15) is 6.04 Å². The lowest BCUT2D eigenvalue weighted by Gasteiger charge is -2.21. The monoisotopic (exact) mass is 310 g/mol. The molecule has 1 N–H and O–H groups in total. The number of esters is 1. The van der Waals surface area contributed by atoms with Gasteiger partial charge in [-0.05, 0) is 18.2 Å². The number of carbonyl (C=O) groups excluding carboxylic acids is 1. The van der Waals surface area contributed by atoms with E-state index in [-0.39, 0.29) is 23.4 Å². The van der Waals surface area contributed by atoms with Crippen LogP contribution >= 0.6 is 0 Å². The maximum atomic E-state index is 12.6. The van der Waals surface area contributed by atoms with E-state index in [2.05, 4.69) is 4.74 Å². The smallest absolute Gasteiger partial charge is 0.324 e. The Morgan fingerprint density at radius 3 is 2.86 bits per heavy atom. The number of sulfonamides is 1. The summed E-state index contributed by atoms with van der Waals surface area (Å²) in [4.78, 5) is 11.6. The average molecular weight is 310 g/mol. The molecule has 1 heterocycles. The molecule has 2 atom stereocenters. The van der Waals surface area contributed by atoms with Crippen LogP contribution in [0.1, 0.15) is 12.0 Å². The highest BCUT2D eigenvalue weighted by atomic mass is 32.2. The van der Waals surface area contributed by atoms with Gasteiger partial charge in [-0.15, -0.1) is 0 Å². The quantitative estimate of drug-likeness (QED) is 0.778. The van der Waals surface area contributed by atoms with E-state index in [1.165, 1.54) is 24.3 Å². The molecule has 0 saturated carbocycles. The fourth-order valence-electron chi connectivity index (χ4n) is 2.26. The van der Waals surface area contributed by atoms with Gasteiger partial charge < -0.3 is 9.84 Å². The van der Waals surface area contributed by atoms with Crippen LogP contribution < -0.4 is 0 Å². The van der Waals surface area contributed by atoms with Crippen LogP contribution in [0.5, 0.6) is 0 Å². The first-order valence-electron chi connectivity index (χ1n) is 6.18. The number of aliphatic hydroxyl groups excluding tert-OH is 1. The molecule has 21 heavy (non-hydrogen) atoms. The fraction of sp³-hybridized carbons (Fsp3) is 0.385. The highest BCUT2D eigenvalue weighted by Gasteiger charge is 2.44. The number of aliphatic hydroxyl groups is 1. The Morgan fingerprint density at radius 2 is 2.24 bits per heavy atom. The number of nitriles is 1. The SMILES string of the molecule is COC(=O)C1CC(O)CN1S(=O)(=O)c1cccc(C#N)c1. The first-order chi connectivity index (χ1) is 9.90. The summed E-state index contributed by atoms with van der Waals surface area (Å²) in [5, 5.41) is 18.5. The zero-order valence-electron chi connectivity index (χ0n) is 11.3. The molecule has 1 aromatic rings. The number of nitrogens with zero attached hydrogens (tertiary/aromatic N) is 2. The molecule has 0 radical (unpaired) electrons. The maximum Gasteiger partial charge on any atom is 0.324 e. The third-order valence-corrected chi connectivity index (χ3v) is 5.15. The summed E-state index contributed by atoms with van der Waals surface area (Å²) >= 11 is 0. The van der Waals surface area contributed by atoms with Crippen LogP contribution in [-0.2, 0) is 19.6 Å². The molecule has 2 rings (SSSR count). The number of β-amino-alcohol motifs (C(OH)–C–C–N with tert-alkyl or cyclic N) is 1. The Bertz CT molecular complexity index is 695. The molecule has 0 aromatic heterocycles. The minimum atomic E-state index is -3.99. The predicted octanol–water partition coefficient (Wildman–Crippen LogP) is -0.145. The van der Waals surface area contributed by atoms with E-state index in [9.17, 15) is 18.3 Å². The van der Waals surface area contributed by atoms with Crippen molar-refractivity contribution in [2.24, 2.45) is 0 Å². The number of carbonyl (C=O) groups is 1. The van der Waals surface area contributed by atoms with Gasteiger partial charge in [0.2, 0.25) is 10.0 Å². The molecule has 0 amide bonds. The topological polar surface area (TPSA) is 108 Å². The van der Waals surface area contributed by atoms with Crippen LogP contribution in [0.3, 0.4) is 0 Å². The fourth-order valence-corrected chi connectivity index (χ4v) is 3.93. The lowest BCUT2D eigenvalue weighted by Crippen LogP contribution is -2.41. The maximum absolute atomic E-state index is 12.6. The van der Waals surface area contributed by atoms with Crippen molar-refractivity contribution in [1.82, 2.24) is 4.31 Å². The van der Waals surface area contributed by atoms with E-state index in [0.717, 1.165) is 11.4 Å². The second-order valence-electron chi connectivity index (χ2n) is 4.64. The summed E-state index contributed by atoms with van der Waals surface area (Å²) in [6.07, 6.45) is -0.938. The number of ether oxygens (including phenoxy) is 1. The molecule has 1 saturated heterocycles. The van der Waals surface area contributed by atoms with Crippen molar-refractivity contribution in [3.05, 3.63) is 29.8 Å². The number of hydrogen-bond acceptors (Lipinski definition) is 6. The van der Waals surface area contributed by atoms with Crippen LogP contribution in [0.4, 0.5) is 0 Å². The minimum absolute atomic E-state index is 0.0101. The molecular formula is C13H14N2O5S. The van der Waals surface area contributed by atoms with Crippen LogP contribution in [-0.4, -0.2) is 49.6 Å². The van der Waals surface area contributed by atoms with E-state index >= 15 is 0 Å². The summed E-state index contributed by atoms with van der Waals surface area (Å²) in [5.74, 6) is -0.716. The van der Waals surface area contributed by atoms with Gasteiger partial charge in [0.15, 0.2) is 0 Å². The van der Waals surface area contributed by atoms with E-state index in [1.807, 2.05) is 6.07 Å². The normalized spacial score (nSPS) is 22.7. The van der Waals surface area contributed by atoms with Crippen molar-refractivity contribution in [1.29, 1.82) is 5.26 Å². The van der Waals surface area contributed by atoms with Crippen molar-refractivity contribution in [2.75, 3.05) is 13.7 Å². The van der Waals surface area contributed by atoms with E-state index in [0.29, 0.717) is 0 Å². The molecule has 1 fully saturated rings. The van der Waals surface area contributed by atoms with E-state index in [1.54, 1.807) is 0 Å². The lowest BCUT2D eigenvalue weighted by molar-refractivity contribution is -0.144. The molecule has 2 unspecified atom stereocenters. The molecule has 0 aliphatic carbocycles. The molecule has 112 valence electrons. The molecule has 1 aliphatic rings. The summed E-state index contributed by atoms with van der Waals surface area (Å²) in [6, 6.07) is 6.31. The van der Waals surface area contributed by atoms with Gasteiger partial charge in [-0.1, -0.05) is 6.07 Å². The second-order valence-corrected chi connectivity index (χ2v) is 6.53. The first kappa shape index (κ1) is 15.4. The molecule has 7 nitrogen and oxygen atoms in total. The summed E-state index contributed by atoms with van der Waals surface area (Å²) in [5.41, 5.74) is 0.199. The van der Waals surface area contributed by atoms with Crippen molar-refractivity contribution in [3.8, 4) is 6.07 Å². The Labute approximate surface area is 122 Å². The highest BCUT2D eigenvalue weighted by molar-refractivity contribution is 7.89. The number of hydrogen-bond donors (Lipinski definition) is 1. The molecular weight excluding hydrogens is 296 g/mol. The predicted molar refractivity (Wildman–Crippen MR) is 71.5 cm³/mol. The molecule has 8 heteroatoms. The van der Waals surface area contributed by atoms with Gasteiger partial charge in [0.05, 0.1) is 29.7 Å². The molecule has 1 aromatic carbocycles. The molecule has 0 spiro atoms. The van der Waals surface area contributed by atoms with Crippen LogP contribution in [0.2, 0.25) is 0 Å². The standard InChI is InChI=1S/C13H14N2O5S/c1-20-13(17)12-6-10(16)8-15(12)21(18,19)11-4-2-3-9(5-11)7-14/h2-5,10,12,16H,6,8H2,1H3. The number of rotatable bonds is 3. The van der Waals surface area contributed by atoms with Crippen molar-refractivity contribution in [2.45, 2.75) is 23.5 Å². The van der Waals surface area contributed by atoms with Gasteiger partial charge >= 0.3 is 5.97 Å². The van der Waals surface area contributed by atoms with Gasteiger partial charge in [-0.25, -0.2) is 8.42 Å². The molecule has 1 aliphatic heterocycles. The first-order valence-corrected chi connectivity index (χ1v) is 7.62. The minimum Gasteiger partial charge on any atom is -0.468 e. The average Bonchev–Trinajstić information content (AvgIpc) is 2.89. The van der Waals surface area contributed by atoms with Crippen molar-refractivity contribution in [3.63, 3.8) is 0 Å². The second kappa shape index (κ2) is 5.81. The van der Waals surface area contributed by atoms with E-state index in [4.69, 9.17) is 5.26 Å². The van der Waals surface area contributed by atoms with Gasteiger partial charge in [0, 0.05) is 13.0 Å². The van der Waals surface area contributed by atoms with Crippen LogP contribution in [0.15, 0.2) is 29.2 Å². The van der Waals surface area contributed by atoms with Crippen LogP contribution in [0, 0.1) is 11.3 Å². The summed E-state index contributed by atoms with van der Waals surface area (Å²) in [6.45, 7) is -0.182. The van der Waals surface area contributed by atoms with E-state index < -0.39 is 28.1 Å². The Balaban J connectivity index is 2.42. The van der Waals surface area contributed by atoms with Crippen molar-refractivity contribution < 1.29 is 23.1 Å².